The maximum atomic E-state index is 11.5. The van der Waals surface area contributed by atoms with Crippen LogP contribution in [0.5, 0.6) is 5.75 Å². The molecule has 4 nitrogen and oxygen atoms in total. The number of sulfone groups is 1. The summed E-state index contributed by atoms with van der Waals surface area (Å²) in [5.41, 5.74) is 6.45. The summed E-state index contributed by atoms with van der Waals surface area (Å²) in [6.45, 7) is 0. The Morgan fingerprint density at radius 3 is 2.78 bits per heavy atom. The minimum atomic E-state index is -2.98. The first-order valence-electron chi connectivity index (χ1n) is 5.65. The molecule has 1 atom stereocenters. The van der Waals surface area contributed by atoms with Crippen LogP contribution in [0.4, 0.5) is 0 Å². The number of benzene rings is 1. The first-order valence-corrected chi connectivity index (χ1v) is 8.27. The van der Waals surface area contributed by atoms with Crippen molar-refractivity contribution in [3.05, 3.63) is 28.2 Å². The van der Waals surface area contributed by atoms with Gasteiger partial charge < -0.3 is 10.5 Å². The van der Waals surface area contributed by atoms with Gasteiger partial charge in [0.25, 0.3) is 0 Å². The highest BCUT2D eigenvalue weighted by molar-refractivity contribution is 9.10. The largest absolute Gasteiger partial charge is 0.496 e. The lowest BCUT2D eigenvalue weighted by molar-refractivity contribution is 0.398. The average molecular weight is 334 g/mol. The van der Waals surface area contributed by atoms with E-state index in [1.807, 2.05) is 18.2 Å². The predicted octanol–water partition coefficient (Wildman–Crippen LogP) is 1.52. The Morgan fingerprint density at radius 1 is 1.50 bits per heavy atom. The predicted molar refractivity (Wildman–Crippen MR) is 74.6 cm³/mol. The third-order valence-corrected chi connectivity index (χ3v) is 5.54. The van der Waals surface area contributed by atoms with Crippen LogP contribution in [0.1, 0.15) is 12.0 Å². The van der Waals surface area contributed by atoms with Gasteiger partial charge in [0.2, 0.25) is 0 Å². The molecule has 0 aromatic heterocycles. The number of halogens is 1. The van der Waals surface area contributed by atoms with E-state index in [2.05, 4.69) is 15.9 Å². The molecule has 0 aliphatic carbocycles. The minimum absolute atomic E-state index is 0.0513. The topological polar surface area (TPSA) is 69.4 Å². The van der Waals surface area contributed by atoms with Crippen molar-refractivity contribution in [3.63, 3.8) is 0 Å². The number of methoxy groups -OCH3 is 1. The standard InChI is InChI=1S/C12H16BrNO3S/c1-17-11-3-2-10(13)6-9(11)7-12(14)4-5-18(15,16)8-12/h2-3,6H,4-5,7-8,14H2,1H3. The first-order chi connectivity index (χ1) is 8.34. The van der Waals surface area contributed by atoms with Gasteiger partial charge in [-0.05, 0) is 36.6 Å². The summed E-state index contributed by atoms with van der Waals surface area (Å²) in [6, 6.07) is 5.67. The van der Waals surface area contributed by atoms with E-state index in [4.69, 9.17) is 10.5 Å². The molecule has 6 heteroatoms. The van der Waals surface area contributed by atoms with Crippen LogP contribution in [-0.2, 0) is 16.3 Å². The zero-order valence-corrected chi connectivity index (χ0v) is 12.6. The summed E-state index contributed by atoms with van der Waals surface area (Å²) < 4.78 is 29.3. The fourth-order valence-corrected chi connectivity index (χ4v) is 4.74. The van der Waals surface area contributed by atoms with Gasteiger partial charge in [0.05, 0.1) is 18.6 Å². The summed E-state index contributed by atoms with van der Waals surface area (Å²) in [6.07, 6.45) is 1.01. The monoisotopic (exact) mass is 333 g/mol. The maximum absolute atomic E-state index is 11.5. The van der Waals surface area contributed by atoms with E-state index in [9.17, 15) is 8.42 Å². The number of hydrogen-bond donors (Lipinski definition) is 1. The van der Waals surface area contributed by atoms with E-state index in [0.29, 0.717) is 12.8 Å². The Morgan fingerprint density at radius 2 is 2.22 bits per heavy atom. The van der Waals surface area contributed by atoms with Gasteiger partial charge in [-0.15, -0.1) is 0 Å². The molecule has 18 heavy (non-hydrogen) atoms. The zero-order valence-electron chi connectivity index (χ0n) is 10.1. The Kier molecular flexibility index (Phi) is 3.71. The van der Waals surface area contributed by atoms with Crippen molar-refractivity contribution < 1.29 is 13.2 Å². The molecule has 2 N–H and O–H groups in total. The lowest BCUT2D eigenvalue weighted by atomic mass is 9.91. The molecule has 0 amide bonds. The fraction of sp³-hybridized carbons (Fsp3) is 0.500. The molecule has 1 aliphatic rings. The van der Waals surface area contributed by atoms with Crippen LogP contribution in [0, 0.1) is 0 Å². The Bertz CT molecular complexity index is 558. The SMILES string of the molecule is COc1ccc(Br)cc1CC1(N)CCS(=O)(=O)C1. The molecule has 1 heterocycles. The Labute approximate surface area is 116 Å². The van der Waals surface area contributed by atoms with Gasteiger partial charge in [0.1, 0.15) is 5.75 Å². The molecule has 1 aromatic carbocycles. The molecule has 0 bridgehead atoms. The second kappa shape index (κ2) is 4.83. The van der Waals surface area contributed by atoms with E-state index in [-0.39, 0.29) is 11.5 Å². The molecular formula is C12H16BrNO3S. The summed E-state index contributed by atoms with van der Waals surface area (Å²) in [5.74, 6) is 0.975. The third-order valence-electron chi connectivity index (χ3n) is 3.20. The molecule has 1 fully saturated rings. The van der Waals surface area contributed by atoms with Crippen molar-refractivity contribution in [1.29, 1.82) is 0 Å². The van der Waals surface area contributed by atoms with Gasteiger partial charge >= 0.3 is 0 Å². The quantitative estimate of drug-likeness (QED) is 0.910. The highest BCUT2D eigenvalue weighted by Gasteiger charge is 2.39. The van der Waals surface area contributed by atoms with E-state index in [1.54, 1.807) is 7.11 Å². The lowest BCUT2D eigenvalue weighted by Crippen LogP contribution is -2.43. The second-order valence-corrected chi connectivity index (χ2v) is 7.94. The molecule has 0 radical (unpaired) electrons. The first kappa shape index (κ1) is 13.8. The fourth-order valence-electron chi connectivity index (χ4n) is 2.35. The summed E-state index contributed by atoms with van der Waals surface area (Å²) in [4.78, 5) is 0. The summed E-state index contributed by atoms with van der Waals surface area (Å²) in [5, 5.41) is 0. The molecular weight excluding hydrogens is 318 g/mol. The van der Waals surface area contributed by atoms with Crippen LogP contribution >= 0.6 is 15.9 Å². The van der Waals surface area contributed by atoms with Gasteiger partial charge in [-0.2, -0.15) is 0 Å². The second-order valence-electron chi connectivity index (χ2n) is 4.84. The summed E-state index contributed by atoms with van der Waals surface area (Å²) >= 11 is 3.40. The van der Waals surface area contributed by atoms with E-state index in [0.717, 1.165) is 15.8 Å². The minimum Gasteiger partial charge on any atom is -0.496 e. The smallest absolute Gasteiger partial charge is 0.152 e. The van der Waals surface area contributed by atoms with Crippen molar-refractivity contribution >= 4 is 25.8 Å². The summed E-state index contributed by atoms with van der Waals surface area (Å²) in [7, 11) is -1.38. The van der Waals surface area contributed by atoms with Gasteiger partial charge in [-0.3, -0.25) is 0 Å². The van der Waals surface area contributed by atoms with E-state index in [1.165, 1.54) is 0 Å². The third kappa shape index (κ3) is 3.05. The van der Waals surface area contributed by atoms with Crippen LogP contribution in [0.25, 0.3) is 0 Å². The van der Waals surface area contributed by atoms with Gasteiger partial charge in [-0.1, -0.05) is 15.9 Å². The highest BCUT2D eigenvalue weighted by Crippen LogP contribution is 2.30. The number of nitrogens with two attached hydrogens (primary N) is 1. The van der Waals surface area contributed by atoms with Crippen LogP contribution in [0.3, 0.4) is 0 Å². The Hall–Kier alpha value is -0.590. The van der Waals surface area contributed by atoms with Gasteiger partial charge in [0, 0.05) is 10.0 Å². The van der Waals surface area contributed by atoms with E-state index >= 15 is 0 Å². The number of hydrogen-bond acceptors (Lipinski definition) is 4. The van der Waals surface area contributed by atoms with E-state index < -0.39 is 15.4 Å². The van der Waals surface area contributed by atoms with Crippen molar-refractivity contribution in [2.45, 2.75) is 18.4 Å². The van der Waals surface area contributed by atoms with Crippen LogP contribution in [-0.4, -0.2) is 32.6 Å². The van der Waals surface area contributed by atoms with Gasteiger partial charge in [-0.25, -0.2) is 8.42 Å². The lowest BCUT2D eigenvalue weighted by Gasteiger charge is -2.23. The van der Waals surface area contributed by atoms with Crippen molar-refractivity contribution in [2.75, 3.05) is 18.6 Å². The molecule has 100 valence electrons. The molecule has 0 saturated carbocycles. The number of rotatable bonds is 3. The van der Waals surface area contributed by atoms with Crippen molar-refractivity contribution in [1.82, 2.24) is 0 Å². The molecule has 1 aliphatic heterocycles. The molecule has 1 aromatic rings. The average Bonchev–Trinajstić information content (AvgIpc) is 2.53. The molecule has 1 saturated heterocycles. The zero-order chi connectivity index (χ0) is 13.4. The molecule has 1 unspecified atom stereocenters. The van der Waals surface area contributed by atoms with Crippen LogP contribution in [0.15, 0.2) is 22.7 Å². The number of ether oxygens (including phenoxy) is 1. The van der Waals surface area contributed by atoms with Gasteiger partial charge in [0.15, 0.2) is 9.84 Å². The highest BCUT2D eigenvalue weighted by atomic mass is 79.9. The van der Waals surface area contributed by atoms with Crippen LogP contribution < -0.4 is 10.5 Å². The molecule has 2 rings (SSSR count). The Balaban J connectivity index is 2.27. The van der Waals surface area contributed by atoms with Crippen molar-refractivity contribution in [3.8, 4) is 5.75 Å². The van der Waals surface area contributed by atoms with Crippen LogP contribution in [0.2, 0.25) is 0 Å². The molecule has 0 spiro atoms. The maximum Gasteiger partial charge on any atom is 0.152 e. The normalized spacial score (nSPS) is 26.2. The van der Waals surface area contributed by atoms with Crippen molar-refractivity contribution in [2.24, 2.45) is 5.73 Å².